The minimum absolute atomic E-state index is 0.0127. The average molecular weight is 425 g/mol. The van der Waals surface area contributed by atoms with Gasteiger partial charge in [-0.3, -0.25) is 9.59 Å². The van der Waals surface area contributed by atoms with Crippen LogP contribution in [0.4, 0.5) is 5.69 Å². The number of piperidine rings is 1. The van der Waals surface area contributed by atoms with Gasteiger partial charge in [-0.15, -0.1) is 11.8 Å². The molecular weight excluding hydrogens is 396 g/mol. The molecule has 2 aromatic rings. The highest BCUT2D eigenvalue weighted by Crippen LogP contribution is 2.25. The molecule has 0 aliphatic carbocycles. The summed E-state index contributed by atoms with van der Waals surface area (Å²) in [4.78, 5) is 31.3. The number of morpholine rings is 1. The molecule has 1 amide bonds. The molecule has 0 N–H and O–H groups in total. The van der Waals surface area contributed by atoms with E-state index in [-0.39, 0.29) is 17.6 Å². The summed E-state index contributed by atoms with van der Waals surface area (Å²) in [6.07, 6.45) is 3.72. The fraction of sp³-hybridized carbons (Fsp3) is 0.417. The standard InChI is InChI=1S/C24H28N2O3S/c1-30-22-10-6-18(7-11-22)23(27)20-3-2-12-26(17-20)24(28)19-4-8-21(9-5-19)25-13-15-29-16-14-25/h4-11,20H,2-3,12-17H2,1H3. The van der Waals surface area contributed by atoms with Crippen molar-refractivity contribution >= 4 is 29.1 Å². The molecule has 6 heteroatoms. The van der Waals surface area contributed by atoms with Crippen molar-refractivity contribution in [2.24, 2.45) is 5.92 Å². The Hall–Kier alpha value is -2.31. The number of benzene rings is 2. The van der Waals surface area contributed by atoms with Crippen LogP contribution in [-0.4, -0.2) is 62.2 Å². The predicted octanol–water partition coefficient (Wildman–Crippen LogP) is 3.98. The minimum atomic E-state index is -0.129. The number of carbonyl (C=O) groups is 2. The van der Waals surface area contributed by atoms with E-state index in [2.05, 4.69) is 4.90 Å². The van der Waals surface area contributed by atoms with E-state index in [0.29, 0.717) is 18.7 Å². The van der Waals surface area contributed by atoms with Crippen LogP contribution in [0.1, 0.15) is 33.6 Å². The highest BCUT2D eigenvalue weighted by molar-refractivity contribution is 7.98. The maximum atomic E-state index is 13.1. The van der Waals surface area contributed by atoms with Crippen LogP contribution in [0.15, 0.2) is 53.4 Å². The van der Waals surface area contributed by atoms with Crippen molar-refractivity contribution in [1.29, 1.82) is 0 Å². The number of amides is 1. The fourth-order valence-electron chi connectivity index (χ4n) is 4.19. The van der Waals surface area contributed by atoms with Gasteiger partial charge in [0.05, 0.1) is 13.2 Å². The molecule has 2 aliphatic rings. The van der Waals surface area contributed by atoms with Crippen molar-refractivity contribution in [2.45, 2.75) is 17.7 Å². The molecule has 2 heterocycles. The highest BCUT2D eigenvalue weighted by Gasteiger charge is 2.29. The van der Waals surface area contributed by atoms with Gasteiger partial charge in [0.1, 0.15) is 0 Å². The van der Waals surface area contributed by atoms with Crippen LogP contribution >= 0.6 is 11.8 Å². The molecule has 158 valence electrons. The van der Waals surface area contributed by atoms with Gasteiger partial charge in [-0.25, -0.2) is 0 Å². The van der Waals surface area contributed by atoms with E-state index < -0.39 is 0 Å². The van der Waals surface area contributed by atoms with Crippen LogP contribution in [0.25, 0.3) is 0 Å². The molecule has 30 heavy (non-hydrogen) atoms. The maximum Gasteiger partial charge on any atom is 0.253 e. The quantitative estimate of drug-likeness (QED) is 0.537. The molecule has 0 bridgehead atoms. The molecule has 1 unspecified atom stereocenters. The minimum Gasteiger partial charge on any atom is -0.378 e. The van der Waals surface area contributed by atoms with Crippen LogP contribution in [0.5, 0.6) is 0 Å². The Balaban J connectivity index is 1.40. The summed E-state index contributed by atoms with van der Waals surface area (Å²) >= 11 is 1.66. The fourth-order valence-corrected chi connectivity index (χ4v) is 4.59. The molecule has 2 aromatic carbocycles. The first-order chi connectivity index (χ1) is 14.7. The largest absolute Gasteiger partial charge is 0.378 e. The highest BCUT2D eigenvalue weighted by atomic mass is 32.2. The zero-order valence-corrected chi connectivity index (χ0v) is 18.2. The van der Waals surface area contributed by atoms with Crippen LogP contribution in [0.3, 0.4) is 0 Å². The van der Waals surface area contributed by atoms with Gasteiger partial charge in [0.25, 0.3) is 5.91 Å². The van der Waals surface area contributed by atoms with Crippen LogP contribution in [0.2, 0.25) is 0 Å². The number of thioether (sulfide) groups is 1. The van der Waals surface area contributed by atoms with Gasteiger partial charge >= 0.3 is 0 Å². The van der Waals surface area contributed by atoms with E-state index in [1.807, 2.05) is 59.7 Å². The number of nitrogens with zero attached hydrogens (tertiary/aromatic N) is 2. The van der Waals surface area contributed by atoms with Crippen molar-refractivity contribution in [3.63, 3.8) is 0 Å². The number of anilines is 1. The molecule has 0 spiro atoms. The molecule has 0 saturated carbocycles. The topological polar surface area (TPSA) is 49.9 Å². The predicted molar refractivity (Wildman–Crippen MR) is 121 cm³/mol. The Labute approximate surface area is 182 Å². The molecule has 0 aromatic heterocycles. The zero-order valence-electron chi connectivity index (χ0n) is 17.4. The number of carbonyl (C=O) groups excluding carboxylic acids is 2. The van der Waals surface area contributed by atoms with Gasteiger partial charge in [-0.2, -0.15) is 0 Å². The number of hydrogen-bond donors (Lipinski definition) is 0. The van der Waals surface area contributed by atoms with Gasteiger partial charge in [0, 0.05) is 53.8 Å². The molecule has 2 fully saturated rings. The number of rotatable bonds is 5. The first-order valence-corrected chi connectivity index (χ1v) is 11.8. The van der Waals surface area contributed by atoms with Crippen molar-refractivity contribution < 1.29 is 14.3 Å². The Morgan fingerprint density at radius 1 is 0.933 bits per heavy atom. The third kappa shape index (κ3) is 4.71. The molecule has 4 rings (SSSR count). The third-order valence-electron chi connectivity index (χ3n) is 5.94. The SMILES string of the molecule is CSc1ccc(C(=O)C2CCCN(C(=O)c3ccc(N4CCOCC4)cc3)C2)cc1. The molecule has 1 atom stereocenters. The molecular formula is C24H28N2O3S. The summed E-state index contributed by atoms with van der Waals surface area (Å²) in [6.45, 7) is 4.43. The van der Waals surface area contributed by atoms with E-state index in [1.165, 1.54) is 0 Å². The van der Waals surface area contributed by atoms with Gasteiger partial charge in [0.2, 0.25) is 0 Å². The lowest BCUT2D eigenvalue weighted by Crippen LogP contribution is -2.42. The Morgan fingerprint density at radius 3 is 2.27 bits per heavy atom. The lowest BCUT2D eigenvalue weighted by molar-refractivity contribution is 0.0637. The number of hydrogen-bond acceptors (Lipinski definition) is 5. The lowest BCUT2D eigenvalue weighted by Gasteiger charge is -2.32. The number of ether oxygens (including phenoxy) is 1. The van der Waals surface area contributed by atoms with E-state index in [9.17, 15) is 9.59 Å². The molecule has 0 radical (unpaired) electrons. The number of Topliss-reactive ketones (excluding diaryl/α,β-unsaturated/α-hetero) is 1. The lowest BCUT2D eigenvalue weighted by atomic mass is 9.89. The van der Waals surface area contributed by atoms with E-state index in [4.69, 9.17) is 4.74 Å². The second-order valence-electron chi connectivity index (χ2n) is 7.83. The van der Waals surface area contributed by atoms with Gasteiger partial charge in [-0.05, 0) is 55.5 Å². The van der Waals surface area contributed by atoms with Crippen LogP contribution in [0, 0.1) is 5.92 Å². The normalized spacial score (nSPS) is 19.6. The summed E-state index contributed by atoms with van der Waals surface area (Å²) < 4.78 is 5.40. The first kappa shape index (κ1) is 20.9. The van der Waals surface area contributed by atoms with E-state index in [0.717, 1.165) is 55.3 Å². The summed E-state index contributed by atoms with van der Waals surface area (Å²) in [5, 5.41) is 0. The monoisotopic (exact) mass is 424 g/mol. The summed E-state index contributed by atoms with van der Waals surface area (Å²) in [5.41, 5.74) is 2.54. The summed E-state index contributed by atoms with van der Waals surface area (Å²) in [7, 11) is 0. The van der Waals surface area contributed by atoms with Crippen molar-refractivity contribution in [3.05, 3.63) is 59.7 Å². The third-order valence-corrected chi connectivity index (χ3v) is 6.69. The maximum absolute atomic E-state index is 13.1. The smallest absolute Gasteiger partial charge is 0.253 e. The number of likely N-dealkylation sites (tertiary alicyclic amines) is 1. The molecule has 2 saturated heterocycles. The summed E-state index contributed by atoms with van der Waals surface area (Å²) in [5.74, 6) is 0.0250. The van der Waals surface area contributed by atoms with Crippen molar-refractivity contribution in [1.82, 2.24) is 4.90 Å². The summed E-state index contributed by atoms with van der Waals surface area (Å²) in [6, 6.07) is 15.6. The van der Waals surface area contributed by atoms with E-state index >= 15 is 0 Å². The van der Waals surface area contributed by atoms with E-state index in [1.54, 1.807) is 11.8 Å². The van der Waals surface area contributed by atoms with Crippen molar-refractivity contribution in [3.8, 4) is 0 Å². The van der Waals surface area contributed by atoms with Gasteiger partial charge < -0.3 is 14.5 Å². The van der Waals surface area contributed by atoms with Crippen LogP contribution < -0.4 is 4.90 Å². The van der Waals surface area contributed by atoms with Crippen LogP contribution in [-0.2, 0) is 4.74 Å². The molecule has 5 nitrogen and oxygen atoms in total. The number of ketones is 1. The Bertz CT molecular complexity index is 876. The van der Waals surface area contributed by atoms with Crippen molar-refractivity contribution in [2.75, 3.05) is 50.5 Å². The second kappa shape index (κ2) is 9.67. The van der Waals surface area contributed by atoms with Gasteiger partial charge in [0.15, 0.2) is 5.78 Å². The average Bonchev–Trinajstić information content (AvgIpc) is 2.84. The Morgan fingerprint density at radius 2 is 1.60 bits per heavy atom. The first-order valence-electron chi connectivity index (χ1n) is 10.6. The Kier molecular flexibility index (Phi) is 6.75. The van der Waals surface area contributed by atoms with Gasteiger partial charge in [-0.1, -0.05) is 12.1 Å². The molecule has 2 aliphatic heterocycles. The second-order valence-corrected chi connectivity index (χ2v) is 8.71. The zero-order chi connectivity index (χ0) is 20.9.